The summed E-state index contributed by atoms with van der Waals surface area (Å²) >= 11 is 0. The second-order valence-electron chi connectivity index (χ2n) is 17.4. The van der Waals surface area contributed by atoms with Crippen LogP contribution in [-0.4, -0.2) is 56.9 Å². The Morgan fingerprint density at radius 1 is 0.508 bits per heavy atom. The first kappa shape index (κ1) is 49.8. The minimum absolute atomic E-state index is 0.0444. The van der Waals surface area contributed by atoms with E-state index in [1.807, 2.05) is 12.1 Å². The fraction of sp³-hybridized carbons (Fsp3) is 0.604. The van der Waals surface area contributed by atoms with Gasteiger partial charge >= 0.3 is 0 Å². The lowest BCUT2D eigenvalue weighted by Gasteiger charge is -2.24. The summed E-state index contributed by atoms with van der Waals surface area (Å²) in [4.78, 5) is 14.7. The normalized spacial score (nSPS) is 13.0. The topological polar surface area (TPSA) is 107 Å². The van der Waals surface area contributed by atoms with Gasteiger partial charge in [-0.15, -0.1) is 0 Å². The van der Waals surface area contributed by atoms with E-state index >= 15 is 0 Å². The second kappa shape index (κ2) is 28.0. The summed E-state index contributed by atoms with van der Waals surface area (Å²) in [6.07, 6.45) is 23.4. The van der Waals surface area contributed by atoms with Crippen LogP contribution in [-0.2, 0) is 9.47 Å². The van der Waals surface area contributed by atoms with Crippen LogP contribution in [0.3, 0.4) is 0 Å². The van der Waals surface area contributed by atoms with Crippen molar-refractivity contribution in [3.8, 4) is 45.7 Å². The standard InChI is InChI=1S/C53H79N3O5/c1-8-10-12-14-16-18-19-21-23-25-34-59-44(26-24-22-20-17-15-13-11-9-2)33-35-60-53(43(7)57)61-45-29-32-48(49(58)38-45)52-55-50(46-30-27-39(3)36-41(46)5)54-51(56-52)47-31-28-40(4)37-42(47)6/h27-32,36-38,43-44,53,57-58H,8-26,33-35H2,1-7H3. The molecule has 1 heterocycles. The fourth-order valence-corrected chi connectivity index (χ4v) is 8.02. The van der Waals surface area contributed by atoms with Crippen molar-refractivity contribution < 1.29 is 24.4 Å². The number of nitrogens with zero attached hydrogens (tertiary/aromatic N) is 3. The summed E-state index contributed by atoms with van der Waals surface area (Å²) in [5.41, 5.74) is 6.68. The molecule has 4 rings (SSSR count). The van der Waals surface area contributed by atoms with Gasteiger partial charge in [0.1, 0.15) is 17.6 Å². The molecule has 0 amide bonds. The highest BCUT2D eigenvalue weighted by Crippen LogP contribution is 2.34. The molecule has 3 unspecified atom stereocenters. The van der Waals surface area contributed by atoms with Crippen LogP contribution in [0.25, 0.3) is 34.2 Å². The van der Waals surface area contributed by atoms with E-state index in [1.165, 1.54) is 109 Å². The van der Waals surface area contributed by atoms with Gasteiger partial charge in [-0.25, -0.2) is 15.0 Å². The van der Waals surface area contributed by atoms with E-state index in [0.29, 0.717) is 35.4 Å². The Hall–Kier alpha value is -3.85. The van der Waals surface area contributed by atoms with Crippen LogP contribution in [0.5, 0.6) is 11.5 Å². The fourth-order valence-electron chi connectivity index (χ4n) is 8.02. The van der Waals surface area contributed by atoms with Crippen molar-refractivity contribution in [2.24, 2.45) is 0 Å². The van der Waals surface area contributed by atoms with Gasteiger partial charge in [0.25, 0.3) is 0 Å². The molecule has 336 valence electrons. The highest BCUT2D eigenvalue weighted by atomic mass is 16.7. The molecule has 1 aromatic heterocycles. The Morgan fingerprint density at radius 3 is 1.44 bits per heavy atom. The van der Waals surface area contributed by atoms with Gasteiger partial charge in [0.2, 0.25) is 6.29 Å². The zero-order valence-electron chi connectivity index (χ0n) is 38.9. The molecule has 0 aliphatic carbocycles. The third-order valence-electron chi connectivity index (χ3n) is 11.7. The molecule has 8 heteroatoms. The minimum Gasteiger partial charge on any atom is -0.507 e. The summed E-state index contributed by atoms with van der Waals surface area (Å²) in [6.45, 7) is 15.6. The molecule has 0 aliphatic heterocycles. The van der Waals surface area contributed by atoms with Gasteiger partial charge in [-0.1, -0.05) is 171 Å². The van der Waals surface area contributed by atoms with Crippen LogP contribution in [0.2, 0.25) is 0 Å². The van der Waals surface area contributed by atoms with E-state index in [0.717, 1.165) is 65.7 Å². The summed E-state index contributed by atoms with van der Waals surface area (Å²) < 4.78 is 18.8. The van der Waals surface area contributed by atoms with E-state index in [2.05, 4.69) is 65.8 Å². The molecule has 4 aromatic rings. The van der Waals surface area contributed by atoms with Crippen molar-refractivity contribution in [3.05, 3.63) is 76.9 Å². The number of hydrogen-bond donors (Lipinski definition) is 2. The molecular weight excluding hydrogens is 759 g/mol. The lowest BCUT2D eigenvalue weighted by atomic mass is 10.0. The number of rotatable bonds is 31. The quantitative estimate of drug-likeness (QED) is 0.0381. The van der Waals surface area contributed by atoms with Crippen LogP contribution < -0.4 is 4.74 Å². The number of aromatic nitrogens is 3. The molecule has 3 aromatic carbocycles. The van der Waals surface area contributed by atoms with E-state index in [4.69, 9.17) is 29.2 Å². The molecule has 0 saturated heterocycles. The summed E-state index contributed by atoms with van der Waals surface area (Å²) in [7, 11) is 0. The first-order valence-electron chi connectivity index (χ1n) is 23.9. The number of hydrogen-bond acceptors (Lipinski definition) is 8. The van der Waals surface area contributed by atoms with Gasteiger partial charge in [0, 0.05) is 23.8 Å². The van der Waals surface area contributed by atoms with Crippen molar-refractivity contribution in [1.29, 1.82) is 0 Å². The van der Waals surface area contributed by atoms with E-state index in [9.17, 15) is 10.2 Å². The SMILES string of the molecule is CCCCCCCCCCCCOC(CCCCCCCCCC)CCOC(Oc1ccc(-c2nc(-c3ccc(C)cc3C)nc(-c3ccc(C)cc3C)n2)c(O)c1)C(C)O. The van der Waals surface area contributed by atoms with E-state index in [-0.39, 0.29) is 11.9 Å². The van der Waals surface area contributed by atoms with Crippen LogP contribution in [0.15, 0.2) is 54.6 Å². The van der Waals surface area contributed by atoms with Crippen LogP contribution >= 0.6 is 0 Å². The third kappa shape index (κ3) is 17.8. The number of aliphatic hydroxyl groups excluding tert-OH is 1. The minimum atomic E-state index is -0.916. The maximum Gasteiger partial charge on any atom is 0.225 e. The Labute approximate surface area is 369 Å². The molecule has 3 atom stereocenters. The smallest absolute Gasteiger partial charge is 0.225 e. The summed E-state index contributed by atoms with van der Waals surface area (Å²) in [5, 5.41) is 22.1. The summed E-state index contributed by atoms with van der Waals surface area (Å²) in [6, 6.07) is 17.4. The van der Waals surface area contributed by atoms with Gasteiger partial charge in [-0.3, -0.25) is 0 Å². The maximum absolute atomic E-state index is 11.4. The van der Waals surface area contributed by atoms with Gasteiger partial charge in [-0.2, -0.15) is 0 Å². The molecule has 2 N–H and O–H groups in total. The lowest BCUT2D eigenvalue weighted by molar-refractivity contribution is -0.145. The van der Waals surface area contributed by atoms with E-state index < -0.39 is 12.4 Å². The van der Waals surface area contributed by atoms with Gasteiger partial charge in [0.05, 0.1) is 18.3 Å². The van der Waals surface area contributed by atoms with Crippen molar-refractivity contribution in [2.75, 3.05) is 13.2 Å². The van der Waals surface area contributed by atoms with Gasteiger partial charge in [-0.05, 0) is 77.1 Å². The van der Waals surface area contributed by atoms with Crippen molar-refractivity contribution in [1.82, 2.24) is 15.0 Å². The maximum atomic E-state index is 11.4. The number of aromatic hydroxyl groups is 1. The lowest BCUT2D eigenvalue weighted by Crippen LogP contribution is -2.33. The Balaban J connectivity index is 1.38. The molecule has 61 heavy (non-hydrogen) atoms. The zero-order chi connectivity index (χ0) is 43.8. The predicted molar refractivity (Wildman–Crippen MR) is 252 cm³/mol. The second-order valence-corrected chi connectivity index (χ2v) is 17.4. The molecule has 0 spiro atoms. The van der Waals surface area contributed by atoms with Crippen LogP contribution in [0.1, 0.15) is 171 Å². The van der Waals surface area contributed by atoms with E-state index in [1.54, 1.807) is 19.1 Å². The van der Waals surface area contributed by atoms with Crippen molar-refractivity contribution >= 4 is 0 Å². The number of unbranched alkanes of at least 4 members (excludes halogenated alkanes) is 16. The molecule has 8 nitrogen and oxygen atoms in total. The first-order chi connectivity index (χ1) is 29.6. The highest BCUT2D eigenvalue weighted by Gasteiger charge is 2.22. The number of phenolic OH excluding ortho intramolecular Hbond substituents is 1. The van der Waals surface area contributed by atoms with Gasteiger partial charge < -0.3 is 24.4 Å². The average molecular weight is 838 g/mol. The van der Waals surface area contributed by atoms with Crippen LogP contribution in [0, 0.1) is 27.7 Å². The Bertz CT molecular complexity index is 1780. The predicted octanol–water partition coefficient (Wildman–Crippen LogP) is 14.1. The molecule has 0 fully saturated rings. The Morgan fingerprint density at radius 2 is 0.967 bits per heavy atom. The number of phenols is 1. The highest BCUT2D eigenvalue weighted by molar-refractivity contribution is 5.72. The molecule has 0 saturated carbocycles. The number of aryl methyl sites for hydroxylation is 4. The summed E-state index contributed by atoms with van der Waals surface area (Å²) in [5.74, 6) is 1.75. The zero-order valence-corrected chi connectivity index (χ0v) is 38.9. The molecule has 0 radical (unpaired) electrons. The molecular formula is C53H79N3O5. The van der Waals surface area contributed by atoms with Crippen LogP contribution in [0.4, 0.5) is 0 Å². The average Bonchev–Trinajstić information content (AvgIpc) is 3.23. The van der Waals surface area contributed by atoms with Crippen molar-refractivity contribution in [3.63, 3.8) is 0 Å². The Kier molecular flexibility index (Phi) is 22.8. The molecule has 0 aliphatic rings. The molecule has 0 bridgehead atoms. The monoisotopic (exact) mass is 838 g/mol. The number of aliphatic hydroxyl groups is 1. The largest absolute Gasteiger partial charge is 0.507 e. The van der Waals surface area contributed by atoms with Gasteiger partial charge in [0.15, 0.2) is 17.5 Å². The number of ether oxygens (including phenoxy) is 3. The number of benzene rings is 3. The van der Waals surface area contributed by atoms with Crippen molar-refractivity contribution in [2.45, 2.75) is 195 Å². The third-order valence-corrected chi connectivity index (χ3v) is 11.7. The first-order valence-corrected chi connectivity index (χ1v) is 23.9.